The molecule has 20 heavy (non-hydrogen) atoms. The molecule has 3 nitrogen and oxygen atoms in total. The van der Waals surface area contributed by atoms with Crippen LogP contribution in [-0.2, 0) is 6.18 Å². The summed E-state index contributed by atoms with van der Waals surface area (Å²) >= 11 is 0. The highest BCUT2D eigenvalue weighted by molar-refractivity contribution is 5.36. The van der Waals surface area contributed by atoms with E-state index in [-0.39, 0.29) is 17.1 Å². The zero-order valence-electron chi connectivity index (χ0n) is 10.6. The van der Waals surface area contributed by atoms with Crippen molar-refractivity contribution in [2.75, 3.05) is 7.11 Å². The smallest absolute Gasteiger partial charge is 0.416 e. The number of alkyl halides is 3. The van der Waals surface area contributed by atoms with E-state index in [1.54, 1.807) is 12.1 Å². The maximum Gasteiger partial charge on any atom is 0.416 e. The van der Waals surface area contributed by atoms with E-state index in [1.807, 2.05) is 0 Å². The van der Waals surface area contributed by atoms with E-state index in [1.165, 1.54) is 31.4 Å². The second-order valence-electron chi connectivity index (χ2n) is 4.09. The summed E-state index contributed by atoms with van der Waals surface area (Å²) in [7, 11) is 1.39. The molecule has 1 aromatic carbocycles. The van der Waals surface area contributed by atoms with Gasteiger partial charge in [0, 0.05) is 6.07 Å². The molecule has 0 amide bonds. The second kappa shape index (κ2) is 5.50. The van der Waals surface area contributed by atoms with Gasteiger partial charge in [-0.1, -0.05) is 24.3 Å². The van der Waals surface area contributed by atoms with Crippen LogP contribution in [0.4, 0.5) is 13.2 Å². The molecule has 1 aromatic heterocycles. The number of ether oxygens (including phenoxy) is 1. The van der Waals surface area contributed by atoms with Crippen molar-refractivity contribution in [3.63, 3.8) is 0 Å². The molecule has 0 saturated heterocycles. The fraction of sp³-hybridized carbons (Fsp3) is 0.214. The van der Waals surface area contributed by atoms with Crippen molar-refractivity contribution in [2.45, 2.75) is 12.3 Å². The van der Waals surface area contributed by atoms with Gasteiger partial charge in [0.05, 0.1) is 18.4 Å². The first-order valence-corrected chi connectivity index (χ1v) is 5.78. The van der Waals surface area contributed by atoms with Crippen LogP contribution in [0.5, 0.6) is 5.88 Å². The standard InChI is InChI=1S/C14H12F3NO2/c1-20-12-8-4-7-11(18-12)13(19)9-5-2-3-6-10(9)14(15,16)17/h2-8,13,19H,1H3. The van der Waals surface area contributed by atoms with Crippen LogP contribution in [0.3, 0.4) is 0 Å². The largest absolute Gasteiger partial charge is 0.481 e. The Bertz CT molecular complexity index is 599. The maximum atomic E-state index is 12.9. The zero-order chi connectivity index (χ0) is 14.8. The van der Waals surface area contributed by atoms with Crippen molar-refractivity contribution >= 4 is 0 Å². The van der Waals surface area contributed by atoms with E-state index in [4.69, 9.17) is 4.74 Å². The van der Waals surface area contributed by atoms with Crippen molar-refractivity contribution in [2.24, 2.45) is 0 Å². The number of aromatic nitrogens is 1. The van der Waals surface area contributed by atoms with Gasteiger partial charge in [-0.2, -0.15) is 13.2 Å². The second-order valence-corrected chi connectivity index (χ2v) is 4.09. The van der Waals surface area contributed by atoms with Gasteiger partial charge in [-0.05, 0) is 17.7 Å². The molecule has 1 atom stereocenters. The quantitative estimate of drug-likeness (QED) is 0.940. The van der Waals surface area contributed by atoms with Crippen molar-refractivity contribution in [1.29, 1.82) is 0 Å². The highest BCUT2D eigenvalue weighted by Crippen LogP contribution is 2.36. The number of halogens is 3. The van der Waals surface area contributed by atoms with Gasteiger partial charge in [0.15, 0.2) is 0 Å². The summed E-state index contributed by atoms with van der Waals surface area (Å²) in [6, 6.07) is 9.42. The molecule has 0 aliphatic heterocycles. The molecule has 2 rings (SSSR count). The van der Waals surface area contributed by atoms with Crippen LogP contribution in [-0.4, -0.2) is 17.2 Å². The number of pyridine rings is 1. The highest BCUT2D eigenvalue weighted by atomic mass is 19.4. The van der Waals surface area contributed by atoms with Crippen LogP contribution < -0.4 is 4.74 Å². The molecule has 6 heteroatoms. The van der Waals surface area contributed by atoms with E-state index in [0.29, 0.717) is 0 Å². The van der Waals surface area contributed by atoms with Crippen LogP contribution >= 0.6 is 0 Å². The first-order valence-electron chi connectivity index (χ1n) is 5.78. The van der Waals surface area contributed by atoms with E-state index >= 15 is 0 Å². The van der Waals surface area contributed by atoms with E-state index in [9.17, 15) is 18.3 Å². The molecule has 1 unspecified atom stereocenters. The SMILES string of the molecule is COc1cccc(C(O)c2ccccc2C(F)(F)F)n1. The van der Waals surface area contributed by atoms with Crippen molar-refractivity contribution in [3.8, 4) is 5.88 Å². The van der Waals surface area contributed by atoms with Gasteiger partial charge in [-0.25, -0.2) is 4.98 Å². The Morgan fingerprint density at radius 1 is 1.10 bits per heavy atom. The number of rotatable bonds is 3. The zero-order valence-corrected chi connectivity index (χ0v) is 10.6. The Hall–Kier alpha value is -2.08. The minimum absolute atomic E-state index is 0.0982. The number of benzene rings is 1. The molecule has 1 N–H and O–H groups in total. The van der Waals surface area contributed by atoms with Crippen LogP contribution in [0.2, 0.25) is 0 Å². The lowest BCUT2D eigenvalue weighted by atomic mass is 9.99. The molecule has 0 aliphatic carbocycles. The van der Waals surface area contributed by atoms with E-state index < -0.39 is 17.8 Å². The minimum Gasteiger partial charge on any atom is -0.481 e. The predicted octanol–water partition coefficient (Wildman–Crippen LogP) is 3.19. The van der Waals surface area contributed by atoms with Gasteiger partial charge in [0.25, 0.3) is 0 Å². The molecular weight excluding hydrogens is 271 g/mol. The summed E-state index contributed by atoms with van der Waals surface area (Å²) in [4.78, 5) is 3.95. The molecule has 2 aromatic rings. The molecule has 0 spiro atoms. The monoisotopic (exact) mass is 283 g/mol. The topological polar surface area (TPSA) is 42.4 Å². The van der Waals surface area contributed by atoms with Gasteiger partial charge in [0.1, 0.15) is 6.10 Å². The Kier molecular flexibility index (Phi) is 3.94. The molecule has 106 valence electrons. The van der Waals surface area contributed by atoms with Gasteiger partial charge >= 0.3 is 6.18 Å². The lowest BCUT2D eigenvalue weighted by Crippen LogP contribution is -2.13. The lowest BCUT2D eigenvalue weighted by molar-refractivity contribution is -0.139. The van der Waals surface area contributed by atoms with Crippen LogP contribution in [0.25, 0.3) is 0 Å². The molecule has 0 aliphatic rings. The Balaban J connectivity index is 2.45. The van der Waals surface area contributed by atoms with Crippen LogP contribution in [0.1, 0.15) is 22.9 Å². The number of methoxy groups -OCH3 is 1. The lowest BCUT2D eigenvalue weighted by Gasteiger charge is -2.17. The summed E-state index contributed by atoms with van der Waals surface area (Å²) in [5.74, 6) is 0.228. The maximum absolute atomic E-state index is 12.9. The van der Waals surface area contributed by atoms with Crippen molar-refractivity contribution in [3.05, 3.63) is 59.3 Å². The third kappa shape index (κ3) is 2.91. The van der Waals surface area contributed by atoms with Gasteiger partial charge in [-0.3, -0.25) is 0 Å². The highest BCUT2D eigenvalue weighted by Gasteiger charge is 2.35. The number of aliphatic hydroxyl groups excluding tert-OH is 1. The fourth-order valence-electron chi connectivity index (χ4n) is 1.85. The summed E-state index contributed by atoms with van der Waals surface area (Å²) in [5, 5.41) is 10.1. The molecule has 0 fully saturated rings. The van der Waals surface area contributed by atoms with Crippen LogP contribution in [0, 0.1) is 0 Å². The summed E-state index contributed by atoms with van der Waals surface area (Å²) in [6.07, 6.45) is -6.00. The van der Waals surface area contributed by atoms with Crippen molar-refractivity contribution in [1.82, 2.24) is 4.98 Å². The molecular formula is C14H12F3NO2. The number of nitrogens with zero attached hydrogens (tertiary/aromatic N) is 1. The Morgan fingerprint density at radius 2 is 1.80 bits per heavy atom. The minimum atomic E-state index is -4.53. The molecule has 0 radical (unpaired) electrons. The third-order valence-corrected chi connectivity index (χ3v) is 2.80. The molecule has 0 saturated carbocycles. The van der Waals surface area contributed by atoms with Crippen LogP contribution in [0.15, 0.2) is 42.5 Å². The third-order valence-electron chi connectivity index (χ3n) is 2.80. The Labute approximate surface area is 113 Å². The normalized spacial score (nSPS) is 13.1. The first-order chi connectivity index (χ1) is 9.43. The van der Waals surface area contributed by atoms with Gasteiger partial charge in [-0.15, -0.1) is 0 Å². The number of hydrogen-bond donors (Lipinski definition) is 1. The Morgan fingerprint density at radius 3 is 2.45 bits per heavy atom. The molecule has 0 bridgehead atoms. The predicted molar refractivity (Wildman–Crippen MR) is 66.3 cm³/mol. The fourth-order valence-corrected chi connectivity index (χ4v) is 1.85. The average molecular weight is 283 g/mol. The molecule has 1 heterocycles. The summed E-state index contributed by atoms with van der Waals surface area (Å²) in [5.41, 5.74) is -1.01. The van der Waals surface area contributed by atoms with Gasteiger partial charge in [0.2, 0.25) is 5.88 Å². The van der Waals surface area contributed by atoms with E-state index in [2.05, 4.69) is 4.98 Å². The van der Waals surface area contributed by atoms with Crippen molar-refractivity contribution < 1.29 is 23.0 Å². The average Bonchev–Trinajstić information content (AvgIpc) is 2.45. The summed E-state index contributed by atoms with van der Waals surface area (Å²) in [6.45, 7) is 0. The summed E-state index contributed by atoms with van der Waals surface area (Å²) < 4.78 is 43.6. The first kappa shape index (κ1) is 14.3. The number of hydrogen-bond acceptors (Lipinski definition) is 3. The number of aliphatic hydroxyl groups is 1. The van der Waals surface area contributed by atoms with Gasteiger partial charge < -0.3 is 9.84 Å². The van der Waals surface area contributed by atoms with E-state index in [0.717, 1.165) is 6.07 Å².